The first kappa shape index (κ1) is 14.6. The van der Waals surface area contributed by atoms with Gasteiger partial charge in [-0.15, -0.1) is 0 Å². The fourth-order valence-corrected chi connectivity index (χ4v) is 1.72. The van der Waals surface area contributed by atoms with Crippen LogP contribution in [-0.4, -0.2) is 11.1 Å². The molecular weight excluding hydrogens is 271 g/mol. The first-order chi connectivity index (χ1) is 10.0. The Kier molecular flexibility index (Phi) is 4.24. The Bertz CT molecular complexity index is 695. The number of nitrogens with zero attached hydrogens (tertiary/aromatic N) is 2. The van der Waals surface area contributed by atoms with Crippen LogP contribution in [0.2, 0.25) is 0 Å². The highest BCUT2D eigenvalue weighted by molar-refractivity contribution is 5.66. The Balaban J connectivity index is 2.33. The van der Waals surface area contributed by atoms with Crippen LogP contribution < -0.4 is 15.8 Å². The van der Waals surface area contributed by atoms with Crippen LogP contribution in [0.3, 0.4) is 0 Å². The van der Waals surface area contributed by atoms with Gasteiger partial charge in [0.05, 0.1) is 17.5 Å². The van der Waals surface area contributed by atoms with E-state index in [9.17, 15) is 4.39 Å². The maximum absolute atomic E-state index is 13.5. The summed E-state index contributed by atoms with van der Waals surface area (Å²) in [4.78, 5) is 4.22. The number of ether oxygens (including phenoxy) is 1. The summed E-state index contributed by atoms with van der Waals surface area (Å²) < 4.78 is 19.0. The molecular formula is C15H15FN4O. The normalized spacial score (nSPS) is 10.2. The number of pyridine rings is 1. The predicted octanol–water partition coefficient (Wildman–Crippen LogP) is 3.21. The zero-order chi connectivity index (χ0) is 15.4. The molecule has 1 aromatic carbocycles. The number of hydrogen-bond acceptors (Lipinski definition) is 5. The molecule has 5 nitrogen and oxygen atoms in total. The summed E-state index contributed by atoms with van der Waals surface area (Å²) >= 11 is 0. The van der Waals surface area contributed by atoms with Crippen molar-refractivity contribution >= 4 is 17.2 Å². The first-order valence-electron chi connectivity index (χ1n) is 6.40. The molecule has 0 unspecified atom stereocenters. The minimum Gasteiger partial charge on any atom is -0.473 e. The fraction of sp³-hybridized carbons (Fsp3) is 0.200. The third-order valence-corrected chi connectivity index (χ3v) is 2.63. The molecule has 0 aliphatic heterocycles. The van der Waals surface area contributed by atoms with E-state index in [1.165, 1.54) is 12.1 Å². The number of hydrogen-bond donors (Lipinski definition) is 2. The molecule has 6 heteroatoms. The van der Waals surface area contributed by atoms with Crippen LogP contribution in [-0.2, 0) is 0 Å². The first-order valence-corrected chi connectivity index (χ1v) is 6.40. The van der Waals surface area contributed by atoms with Gasteiger partial charge in [-0.2, -0.15) is 10.2 Å². The lowest BCUT2D eigenvalue weighted by Gasteiger charge is -2.13. The van der Waals surface area contributed by atoms with Gasteiger partial charge < -0.3 is 15.8 Å². The van der Waals surface area contributed by atoms with Gasteiger partial charge in [0.2, 0.25) is 5.88 Å². The van der Waals surface area contributed by atoms with Crippen molar-refractivity contribution in [3.63, 3.8) is 0 Å². The largest absolute Gasteiger partial charge is 0.473 e. The highest BCUT2D eigenvalue weighted by atomic mass is 19.1. The molecule has 21 heavy (non-hydrogen) atoms. The molecule has 0 radical (unpaired) electrons. The Hall–Kier alpha value is -2.81. The fourth-order valence-electron chi connectivity index (χ4n) is 1.72. The number of benzene rings is 1. The van der Waals surface area contributed by atoms with Crippen LogP contribution in [0.5, 0.6) is 5.88 Å². The van der Waals surface area contributed by atoms with E-state index in [2.05, 4.69) is 10.3 Å². The molecule has 0 saturated carbocycles. The summed E-state index contributed by atoms with van der Waals surface area (Å²) in [5, 5.41) is 11.9. The zero-order valence-electron chi connectivity index (χ0n) is 11.7. The Morgan fingerprint density at radius 2 is 2.10 bits per heavy atom. The quantitative estimate of drug-likeness (QED) is 0.901. The average Bonchev–Trinajstić information content (AvgIpc) is 2.42. The highest BCUT2D eigenvalue weighted by Gasteiger charge is 2.10. The van der Waals surface area contributed by atoms with E-state index < -0.39 is 5.82 Å². The number of anilines is 3. The minimum atomic E-state index is -0.586. The second-order valence-corrected chi connectivity index (χ2v) is 4.66. The van der Waals surface area contributed by atoms with Gasteiger partial charge in [-0.05, 0) is 38.1 Å². The van der Waals surface area contributed by atoms with E-state index in [0.717, 1.165) is 0 Å². The van der Waals surface area contributed by atoms with Crippen molar-refractivity contribution < 1.29 is 9.13 Å². The van der Waals surface area contributed by atoms with Gasteiger partial charge in [0, 0.05) is 0 Å². The van der Waals surface area contributed by atoms with Crippen LogP contribution >= 0.6 is 0 Å². The topological polar surface area (TPSA) is 84.0 Å². The van der Waals surface area contributed by atoms with Crippen LogP contribution in [0.1, 0.15) is 19.4 Å². The molecule has 0 bridgehead atoms. The van der Waals surface area contributed by atoms with E-state index in [1.807, 2.05) is 19.9 Å². The number of aromatic nitrogens is 1. The molecule has 2 aromatic rings. The highest BCUT2D eigenvalue weighted by Crippen LogP contribution is 2.26. The third kappa shape index (κ3) is 3.39. The Labute approximate surface area is 122 Å². The van der Waals surface area contributed by atoms with Crippen molar-refractivity contribution in [3.05, 3.63) is 41.7 Å². The van der Waals surface area contributed by atoms with Gasteiger partial charge in [0.1, 0.15) is 23.3 Å². The number of rotatable bonds is 4. The van der Waals surface area contributed by atoms with Crippen molar-refractivity contribution in [1.29, 1.82) is 5.26 Å². The maximum atomic E-state index is 13.5. The van der Waals surface area contributed by atoms with Crippen LogP contribution in [0, 0.1) is 17.1 Å². The Morgan fingerprint density at radius 3 is 2.76 bits per heavy atom. The molecule has 0 spiro atoms. The monoisotopic (exact) mass is 286 g/mol. The zero-order valence-corrected chi connectivity index (χ0v) is 11.7. The van der Waals surface area contributed by atoms with E-state index in [0.29, 0.717) is 23.1 Å². The van der Waals surface area contributed by atoms with Crippen molar-refractivity contribution in [1.82, 2.24) is 4.98 Å². The average molecular weight is 286 g/mol. The molecule has 0 aliphatic rings. The van der Waals surface area contributed by atoms with Gasteiger partial charge in [-0.25, -0.2) is 4.39 Å². The summed E-state index contributed by atoms with van der Waals surface area (Å²) in [7, 11) is 0. The number of nitrogens with one attached hydrogen (secondary N) is 1. The van der Waals surface area contributed by atoms with Crippen LogP contribution in [0.4, 0.5) is 21.6 Å². The molecule has 0 saturated heterocycles. The number of nitrogens with two attached hydrogens (primary N) is 1. The molecule has 0 aliphatic carbocycles. The number of halogens is 1. The van der Waals surface area contributed by atoms with Crippen molar-refractivity contribution in [2.24, 2.45) is 0 Å². The lowest BCUT2D eigenvalue weighted by Crippen LogP contribution is -2.09. The van der Waals surface area contributed by atoms with Gasteiger partial charge in [-0.3, -0.25) is 0 Å². The molecule has 2 rings (SSSR count). The Morgan fingerprint density at radius 1 is 1.33 bits per heavy atom. The van der Waals surface area contributed by atoms with Gasteiger partial charge in [0.15, 0.2) is 0 Å². The van der Waals surface area contributed by atoms with Crippen LogP contribution in [0.15, 0.2) is 30.3 Å². The standard InChI is InChI=1S/C15H15FN4O/c1-9(2)21-15-12(18)6-7-14(20-15)19-13-5-3-4-11(16)10(13)8-17/h3-7,9H,18H2,1-2H3,(H,19,20). The van der Waals surface area contributed by atoms with Gasteiger partial charge in [0.25, 0.3) is 0 Å². The van der Waals surface area contributed by atoms with E-state index >= 15 is 0 Å². The molecule has 1 aromatic heterocycles. The molecule has 0 atom stereocenters. The molecule has 1 heterocycles. The molecule has 0 fully saturated rings. The van der Waals surface area contributed by atoms with Crippen molar-refractivity contribution in [3.8, 4) is 11.9 Å². The number of nitriles is 1. The van der Waals surface area contributed by atoms with Crippen molar-refractivity contribution in [2.75, 3.05) is 11.1 Å². The van der Waals surface area contributed by atoms with E-state index in [1.54, 1.807) is 18.2 Å². The second-order valence-electron chi connectivity index (χ2n) is 4.66. The predicted molar refractivity (Wildman–Crippen MR) is 78.8 cm³/mol. The molecule has 0 amide bonds. The lowest BCUT2D eigenvalue weighted by atomic mass is 10.2. The third-order valence-electron chi connectivity index (χ3n) is 2.63. The maximum Gasteiger partial charge on any atom is 0.239 e. The number of nitrogen functional groups attached to an aromatic ring is 1. The molecule has 108 valence electrons. The van der Waals surface area contributed by atoms with Crippen molar-refractivity contribution in [2.45, 2.75) is 20.0 Å². The summed E-state index contributed by atoms with van der Waals surface area (Å²) in [5.74, 6) is 0.128. The summed E-state index contributed by atoms with van der Waals surface area (Å²) in [6, 6.07) is 9.44. The minimum absolute atomic E-state index is 0.0672. The SMILES string of the molecule is CC(C)Oc1nc(Nc2cccc(F)c2C#N)ccc1N. The second kappa shape index (κ2) is 6.09. The summed E-state index contributed by atoms with van der Waals surface area (Å²) in [5.41, 5.74) is 6.47. The van der Waals surface area contributed by atoms with Gasteiger partial charge >= 0.3 is 0 Å². The molecule has 3 N–H and O–H groups in total. The van der Waals surface area contributed by atoms with E-state index in [4.69, 9.17) is 15.7 Å². The van der Waals surface area contributed by atoms with E-state index in [-0.39, 0.29) is 11.7 Å². The summed E-state index contributed by atoms with van der Waals surface area (Å²) in [6.45, 7) is 3.73. The van der Waals surface area contributed by atoms with Crippen LogP contribution in [0.25, 0.3) is 0 Å². The summed E-state index contributed by atoms with van der Waals surface area (Å²) in [6.07, 6.45) is -0.0705. The lowest BCUT2D eigenvalue weighted by molar-refractivity contribution is 0.234. The smallest absolute Gasteiger partial charge is 0.239 e. The van der Waals surface area contributed by atoms with Gasteiger partial charge in [-0.1, -0.05) is 6.07 Å².